The smallest absolute Gasteiger partial charge is 0.422 e. The van der Waals surface area contributed by atoms with Crippen molar-refractivity contribution >= 4 is 51.6 Å². The third-order valence-electron chi connectivity index (χ3n) is 3.95. The van der Waals surface area contributed by atoms with E-state index in [4.69, 9.17) is 27.9 Å². The van der Waals surface area contributed by atoms with Gasteiger partial charge in [-0.1, -0.05) is 0 Å². The first-order valence-electron chi connectivity index (χ1n) is 8.82. The van der Waals surface area contributed by atoms with Gasteiger partial charge in [-0.2, -0.15) is 4.57 Å². The van der Waals surface area contributed by atoms with Crippen molar-refractivity contribution in [3.05, 3.63) is 38.4 Å². The van der Waals surface area contributed by atoms with Gasteiger partial charge in [-0.25, -0.2) is 9.78 Å². The van der Waals surface area contributed by atoms with E-state index < -0.39 is 22.2 Å². The molecule has 11 heteroatoms. The van der Waals surface area contributed by atoms with Gasteiger partial charge in [0.25, 0.3) is 11.2 Å². The maximum Gasteiger partial charge on any atom is 0.422 e. The minimum Gasteiger partial charge on any atom is -0.443 e. The van der Waals surface area contributed by atoms with E-state index in [1.165, 1.54) is 19.1 Å². The molecule has 2 rings (SSSR count). The standard InChI is InChI=1S/C18H22Cl2N4O5/c1-11-21-13-10-15(24(27)28)14(22(7-5-19)8-6-20)9-12(13)16(25)23(11)17(26)29-18(2,3)4/h9-10H,5-8H2,1-4H3. The molecule has 0 saturated carbocycles. The van der Waals surface area contributed by atoms with Crippen LogP contribution in [0.15, 0.2) is 16.9 Å². The summed E-state index contributed by atoms with van der Waals surface area (Å²) in [5.74, 6) is 0.484. The normalized spacial score (nSPS) is 11.5. The number of nitro groups is 1. The number of carbonyl (C=O) groups is 1. The third-order valence-corrected chi connectivity index (χ3v) is 4.29. The van der Waals surface area contributed by atoms with Crippen molar-refractivity contribution in [2.75, 3.05) is 29.7 Å². The van der Waals surface area contributed by atoms with Gasteiger partial charge in [0, 0.05) is 30.9 Å². The number of fused-ring (bicyclic) bond motifs is 1. The van der Waals surface area contributed by atoms with Gasteiger partial charge >= 0.3 is 6.09 Å². The predicted molar refractivity (Wildman–Crippen MR) is 113 cm³/mol. The van der Waals surface area contributed by atoms with E-state index in [1.807, 2.05) is 0 Å². The highest BCUT2D eigenvalue weighted by Crippen LogP contribution is 2.31. The number of alkyl halides is 2. The number of aryl methyl sites for hydroxylation is 1. The molecule has 29 heavy (non-hydrogen) atoms. The van der Waals surface area contributed by atoms with Crippen LogP contribution in [0.3, 0.4) is 0 Å². The van der Waals surface area contributed by atoms with Crippen LogP contribution < -0.4 is 10.5 Å². The van der Waals surface area contributed by atoms with E-state index >= 15 is 0 Å². The lowest BCUT2D eigenvalue weighted by Crippen LogP contribution is -2.35. The molecule has 0 fully saturated rings. The molecule has 0 amide bonds. The van der Waals surface area contributed by atoms with Gasteiger partial charge in [-0.15, -0.1) is 23.2 Å². The van der Waals surface area contributed by atoms with E-state index in [-0.39, 0.29) is 39.9 Å². The number of anilines is 1. The van der Waals surface area contributed by atoms with Crippen LogP contribution in [0.2, 0.25) is 0 Å². The Balaban J connectivity index is 2.76. The van der Waals surface area contributed by atoms with Gasteiger partial charge < -0.3 is 9.64 Å². The Morgan fingerprint density at radius 3 is 2.34 bits per heavy atom. The average Bonchev–Trinajstić information content (AvgIpc) is 2.59. The number of rotatable bonds is 6. The van der Waals surface area contributed by atoms with Gasteiger partial charge in [-0.3, -0.25) is 14.9 Å². The lowest BCUT2D eigenvalue weighted by atomic mass is 10.1. The Morgan fingerprint density at radius 2 is 1.86 bits per heavy atom. The number of carbonyl (C=O) groups excluding carboxylic acids is 1. The summed E-state index contributed by atoms with van der Waals surface area (Å²) in [4.78, 5) is 42.4. The first-order valence-corrected chi connectivity index (χ1v) is 9.89. The summed E-state index contributed by atoms with van der Waals surface area (Å²) in [6, 6.07) is 2.57. The fourth-order valence-corrected chi connectivity index (χ4v) is 3.21. The number of benzene rings is 1. The summed E-state index contributed by atoms with van der Waals surface area (Å²) >= 11 is 11.6. The topological polar surface area (TPSA) is 108 Å². The number of ether oxygens (including phenoxy) is 1. The lowest BCUT2D eigenvalue weighted by Gasteiger charge is -2.23. The number of halogens is 2. The first kappa shape index (κ1) is 22.9. The zero-order chi connectivity index (χ0) is 21.9. The molecule has 0 atom stereocenters. The van der Waals surface area contributed by atoms with E-state index in [9.17, 15) is 19.7 Å². The highest BCUT2D eigenvalue weighted by Gasteiger charge is 2.26. The van der Waals surface area contributed by atoms with E-state index in [1.54, 1.807) is 25.7 Å². The molecule has 0 saturated heterocycles. The van der Waals surface area contributed by atoms with Gasteiger partial charge in [0.05, 0.1) is 15.8 Å². The molecule has 0 aliphatic heterocycles. The second-order valence-corrected chi connectivity index (χ2v) is 8.02. The number of hydrogen-bond donors (Lipinski definition) is 0. The minimum atomic E-state index is -0.868. The monoisotopic (exact) mass is 444 g/mol. The fraction of sp³-hybridized carbons (Fsp3) is 0.500. The van der Waals surface area contributed by atoms with Gasteiger partial charge in [0.1, 0.15) is 17.1 Å². The summed E-state index contributed by atoms with van der Waals surface area (Å²) in [5, 5.41) is 11.7. The van der Waals surface area contributed by atoms with E-state index in [2.05, 4.69) is 4.98 Å². The molecule has 1 aromatic heterocycles. The Labute approximate surface area is 177 Å². The van der Waals surface area contributed by atoms with Crippen LogP contribution in [0.4, 0.5) is 16.2 Å². The van der Waals surface area contributed by atoms with Crippen LogP contribution in [-0.4, -0.2) is 51.0 Å². The molecular weight excluding hydrogens is 423 g/mol. The second-order valence-electron chi connectivity index (χ2n) is 7.26. The van der Waals surface area contributed by atoms with Gasteiger partial charge in [0.2, 0.25) is 0 Å². The largest absolute Gasteiger partial charge is 0.443 e. The van der Waals surface area contributed by atoms with Gasteiger partial charge in [-0.05, 0) is 33.8 Å². The number of hydrogen-bond acceptors (Lipinski definition) is 7. The molecule has 158 valence electrons. The summed E-state index contributed by atoms with van der Waals surface area (Å²) in [6.07, 6.45) is -0.868. The molecular formula is C18H22Cl2N4O5. The van der Waals surface area contributed by atoms with Crippen LogP contribution in [0, 0.1) is 17.0 Å². The minimum absolute atomic E-state index is 0.0520. The molecule has 0 aliphatic carbocycles. The number of nitro benzene ring substituents is 1. The summed E-state index contributed by atoms with van der Waals surface area (Å²) in [6.45, 7) is 7.07. The fourth-order valence-electron chi connectivity index (χ4n) is 2.80. The maximum atomic E-state index is 13.0. The molecule has 0 N–H and O–H groups in total. The van der Waals surface area contributed by atoms with Crippen LogP contribution >= 0.6 is 23.2 Å². The Bertz CT molecular complexity index is 994. The van der Waals surface area contributed by atoms with E-state index in [0.717, 1.165) is 4.57 Å². The third kappa shape index (κ3) is 5.16. The summed E-state index contributed by atoms with van der Waals surface area (Å²) < 4.78 is 6.10. The zero-order valence-electron chi connectivity index (χ0n) is 16.6. The molecule has 0 spiro atoms. The molecule has 0 unspecified atom stereocenters. The summed E-state index contributed by atoms with van der Waals surface area (Å²) in [5.41, 5.74) is -1.42. The van der Waals surface area contributed by atoms with E-state index in [0.29, 0.717) is 13.1 Å². The van der Waals surface area contributed by atoms with Crippen molar-refractivity contribution in [2.24, 2.45) is 0 Å². The number of nitrogens with zero attached hydrogens (tertiary/aromatic N) is 4. The predicted octanol–water partition coefficient (Wildman–Crippen LogP) is 3.68. The molecule has 0 radical (unpaired) electrons. The maximum absolute atomic E-state index is 13.0. The molecule has 0 aliphatic rings. The highest BCUT2D eigenvalue weighted by atomic mass is 35.5. The van der Waals surface area contributed by atoms with Crippen molar-refractivity contribution in [3.63, 3.8) is 0 Å². The Morgan fingerprint density at radius 1 is 1.28 bits per heavy atom. The molecule has 0 bridgehead atoms. The zero-order valence-corrected chi connectivity index (χ0v) is 18.1. The van der Waals surface area contributed by atoms with Crippen LogP contribution in [0.1, 0.15) is 26.6 Å². The first-order chi connectivity index (χ1) is 13.5. The quantitative estimate of drug-likeness (QED) is 0.379. The van der Waals surface area contributed by atoms with Crippen molar-refractivity contribution in [2.45, 2.75) is 33.3 Å². The summed E-state index contributed by atoms with van der Waals surface area (Å²) in [7, 11) is 0. The van der Waals surface area contributed by atoms with Gasteiger partial charge in [0.15, 0.2) is 0 Å². The molecule has 2 aromatic rings. The number of aromatic nitrogens is 2. The van der Waals surface area contributed by atoms with Crippen LogP contribution in [0.5, 0.6) is 0 Å². The Kier molecular flexibility index (Phi) is 7.07. The van der Waals surface area contributed by atoms with Crippen molar-refractivity contribution in [1.29, 1.82) is 0 Å². The van der Waals surface area contributed by atoms with Crippen molar-refractivity contribution in [1.82, 2.24) is 9.55 Å². The Hall–Kier alpha value is -2.39. The van der Waals surface area contributed by atoms with Crippen molar-refractivity contribution in [3.8, 4) is 0 Å². The second kappa shape index (κ2) is 8.96. The average molecular weight is 445 g/mol. The molecule has 9 nitrogen and oxygen atoms in total. The SMILES string of the molecule is Cc1nc2cc([N+](=O)[O-])c(N(CCCl)CCCl)cc2c(=O)n1C(=O)OC(C)(C)C. The van der Waals surface area contributed by atoms with Crippen LogP contribution in [-0.2, 0) is 4.74 Å². The lowest BCUT2D eigenvalue weighted by molar-refractivity contribution is -0.384. The van der Waals surface area contributed by atoms with Crippen molar-refractivity contribution < 1.29 is 14.5 Å². The van der Waals surface area contributed by atoms with Crippen LogP contribution in [0.25, 0.3) is 10.9 Å². The highest BCUT2D eigenvalue weighted by molar-refractivity contribution is 6.18. The molecule has 1 heterocycles. The molecule has 1 aromatic carbocycles.